The van der Waals surface area contributed by atoms with Crippen molar-refractivity contribution >= 4 is 5.91 Å². The van der Waals surface area contributed by atoms with Gasteiger partial charge in [0.1, 0.15) is 0 Å². The molecule has 0 aliphatic carbocycles. The minimum Gasteiger partial charge on any atom is -0.355 e. The van der Waals surface area contributed by atoms with Gasteiger partial charge in [-0.05, 0) is 37.0 Å². The zero-order valence-electron chi connectivity index (χ0n) is 13.7. The van der Waals surface area contributed by atoms with Crippen LogP contribution in [0.5, 0.6) is 0 Å². The van der Waals surface area contributed by atoms with Crippen molar-refractivity contribution < 1.29 is 18.0 Å². The quantitative estimate of drug-likeness (QED) is 0.686. The van der Waals surface area contributed by atoms with E-state index in [1.54, 1.807) is 6.08 Å². The lowest BCUT2D eigenvalue weighted by Crippen LogP contribution is -2.40. The molecule has 0 heterocycles. The smallest absolute Gasteiger partial charge is 0.355 e. The maximum Gasteiger partial charge on any atom is 0.416 e. The lowest BCUT2D eigenvalue weighted by atomic mass is 9.80. The number of nitrogens with one attached hydrogen (secondary N) is 1. The summed E-state index contributed by atoms with van der Waals surface area (Å²) in [7, 11) is 0. The predicted octanol–water partition coefficient (Wildman–Crippen LogP) is 4.75. The second-order valence-corrected chi connectivity index (χ2v) is 5.66. The molecule has 23 heavy (non-hydrogen) atoms. The molecule has 0 radical (unpaired) electrons. The van der Waals surface area contributed by atoms with Gasteiger partial charge in [0.2, 0.25) is 5.91 Å². The third-order valence-corrected chi connectivity index (χ3v) is 4.15. The van der Waals surface area contributed by atoms with Gasteiger partial charge in [0.15, 0.2) is 0 Å². The van der Waals surface area contributed by atoms with E-state index in [4.69, 9.17) is 0 Å². The molecule has 0 bridgehead atoms. The van der Waals surface area contributed by atoms with E-state index in [-0.39, 0.29) is 5.91 Å². The average Bonchev–Trinajstić information content (AvgIpc) is 2.52. The van der Waals surface area contributed by atoms with E-state index in [1.165, 1.54) is 12.1 Å². The number of hydrogen-bond donors (Lipinski definition) is 1. The lowest BCUT2D eigenvalue weighted by Gasteiger charge is -2.27. The summed E-state index contributed by atoms with van der Waals surface area (Å²) in [5, 5.41) is 2.87. The van der Waals surface area contributed by atoms with Crippen molar-refractivity contribution in [2.24, 2.45) is 5.41 Å². The Kier molecular flexibility index (Phi) is 6.85. The molecule has 128 valence electrons. The Morgan fingerprint density at radius 3 is 2.26 bits per heavy atom. The highest BCUT2D eigenvalue weighted by Gasteiger charge is 2.32. The van der Waals surface area contributed by atoms with Crippen molar-refractivity contribution in [1.82, 2.24) is 5.32 Å². The second-order valence-electron chi connectivity index (χ2n) is 5.66. The molecule has 0 spiro atoms. The van der Waals surface area contributed by atoms with Gasteiger partial charge in [0, 0.05) is 6.54 Å². The minimum atomic E-state index is -4.32. The van der Waals surface area contributed by atoms with Crippen LogP contribution in [0.1, 0.15) is 44.2 Å². The molecular formula is C18H24F3NO. The molecule has 0 aliphatic heterocycles. The van der Waals surface area contributed by atoms with Crippen molar-refractivity contribution in [3.05, 3.63) is 48.0 Å². The summed E-state index contributed by atoms with van der Waals surface area (Å²) in [5.74, 6) is -0.0660. The summed E-state index contributed by atoms with van der Waals surface area (Å²) in [5.41, 5.74) is -0.464. The first-order valence-electron chi connectivity index (χ1n) is 7.87. The van der Waals surface area contributed by atoms with Crippen molar-refractivity contribution in [3.63, 3.8) is 0 Å². The first kappa shape index (κ1) is 19.3. The lowest BCUT2D eigenvalue weighted by molar-refractivity contribution is -0.137. The number of amides is 1. The SMILES string of the molecule is C=CC(CC)(CCC)C(=O)NCCc1ccc(C(F)(F)F)cc1. The molecule has 0 aliphatic rings. The van der Waals surface area contributed by atoms with Gasteiger partial charge >= 0.3 is 6.18 Å². The van der Waals surface area contributed by atoms with Gasteiger partial charge in [-0.2, -0.15) is 13.2 Å². The van der Waals surface area contributed by atoms with Crippen LogP contribution in [0.4, 0.5) is 13.2 Å². The highest BCUT2D eigenvalue weighted by atomic mass is 19.4. The minimum absolute atomic E-state index is 0.0660. The third-order valence-electron chi connectivity index (χ3n) is 4.15. The summed E-state index contributed by atoms with van der Waals surface area (Å²) in [6.45, 7) is 8.14. The molecule has 0 aromatic heterocycles. The standard InChI is InChI=1S/C18H24F3NO/c1-4-12-17(5-2,6-3)16(23)22-13-11-14-7-9-15(10-8-14)18(19,20)21/h5,7-10H,2,4,6,11-13H2,1,3H3,(H,22,23). The van der Waals surface area contributed by atoms with Crippen LogP contribution in [0.25, 0.3) is 0 Å². The Balaban J connectivity index is 2.59. The van der Waals surface area contributed by atoms with Gasteiger partial charge < -0.3 is 5.32 Å². The molecule has 1 rings (SSSR count). The number of rotatable bonds is 8. The summed E-state index contributed by atoms with van der Waals surface area (Å²) >= 11 is 0. The fraction of sp³-hybridized carbons (Fsp3) is 0.500. The molecule has 1 aromatic rings. The zero-order valence-corrected chi connectivity index (χ0v) is 13.7. The van der Waals surface area contributed by atoms with Crippen LogP contribution in [-0.4, -0.2) is 12.5 Å². The third kappa shape index (κ3) is 5.12. The molecule has 0 saturated heterocycles. The molecular weight excluding hydrogens is 303 g/mol. The maximum atomic E-state index is 12.5. The molecule has 0 fully saturated rings. The summed E-state index contributed by atoms with van der Waals surface area (Å²) in [6.07, 6.45) is 0.163. The normalized spacial score (nSPS) is 14.1. The average molecular weight is 327 g/mol. The highest BCUT2D eigenvalue weighted by molar-refractivity contribution is 5.84. The molecule has 2 nitrogen and oxygen atoms in total. The number of alkyl halides is 3. The van der Waals surface area contributed by atoms with Crippen LogP contribution in [0.15, 0.2) is 36.9 Å². The van der Waals surface area contributed by atoms with Gasteiger partial charge in [-0.15, -0.1) is 6.58 Å². The van der Waals surface area contributed by atoms with E-state index in [1.807, 2.05) is 13.8 Å². The summed E-state index contributed by atoms with van der Waals surface area (Å²) < 4.78 is 37.5. The van der Waals surface area contributed by atoms with Crippen LogP contribution in [0.3, 0.4) is 0 Å². The van der Waals surface area contributed by atoms with Crippen LogP contribution >= 0.6 is 0 Å². The Morgan fingerprint density at radius 1 is 1.22 bits per heavy atom. The molecule has 1 aromatic carbocycles. The maximum absolute atomic E-state index is 12.5. The fourth-order valence-electron chi connectivity index (χ4n) is 2.59. The van der Waals surface area contributed by atoms with Gasteiger partial charge in [-0.1, -0.05) is 38.5 Å². The molecule has 1 atom stereocenters. The van der Waals surface area contributed by atoms with Crippen LogP contribution < -0.4 is 5.32 Å². The van der Waals surface area contributed by atoms with Crippen molar-refractivity contribution in [2.75, 3.05) is 6.54 Å². The van der Waals surface area contributed by atoms with E-state index in [9.17, 15) is 18.0 Å². The first-order chi connectivity index (χ1) is 10.8. The van der Waals surface area contributed by atoms with Gasteiger partial charge in [-0.3, -0.25) is 4.79 Å². The van der Waals surface area contributed by atoms with E-state index in [0.717, 1.165) is 30.5 Å². The first-order valence-corrected chi connectivity index (χ1v) is 7.87. The second kappa shape index (κ2) is 8.18. The number of hydrogen-bond acceptors (Lipinski definition) is 1. The molecule has 1 unspecified atom stereocenters. The highest BCUT2D eigenvalue weighted by Crippen LogP contribution is 2.30. The van der Waals surface area contributed by atoms with E-state index in [2.05, 4.69) is 11.9 Å². The Bertz CT molecular complexity index is 522. The van der Waals surface area contributed by atoms with E-state index < -0.39 is 17.2 Å². The Hall–Kier alpha value is -1.78. The van der Waals surface area contributed by atoms with Crippen molar-refractivity contribution in [3.8, 4) is 0 Å². The Morgan fingerprint density at radius 2 is 1.83 bits per heavy atom. The van der Waals surface area contributed by atoms with Crippen molar-refractivity contribution in [2.45, 2.75) is 45.7 Å². The largest absolute Gasteiger partial charge is 0.416 e. The monoisotopic (exact) mass is 327 g/mol. The van der Waals surface area contributed by atoms with E-state index in [0.29, 0.717) is 19.4 Å². The molecule has 5 heteroatoms. The number of benzene rings is 1. The van der Waals surface area contributed by atoms with Gasteiger partial charge in [-0.25, -0.2) is 0 Å². The van der Waals surface area contributed by atoms with Gasteiger partial charge in [0.05, 0.1) is 11.0 Å². The Labute approximate surface area is 135 Å². The van der Waals surface area contributed by atoms with Crippen molar-refractivity contribution in [1.29, 1.82) is 0 Å². The molecule has 1 amide bonds. The predicted molar refractivity (Wildman–Crippen MR) is 86.0 cm³/mol. The van der Waals surface area contributed by atoms with Crippen LogP contribution in [-0.2, 0) is 17.4 Å². The molecule has 1 N–H and O–H groups in total. The zero-order chi connectivity index (χ0) is 17.5. The number of carbonyl (C=O) groups excluding carboxylic acids is 1. The molecule has 0 saturated carbocycles. The fourth-order valence-corrected chi connectivity index (χ4v) is 2.59. The van der Waals surface area contributed by atoms with Gasteiger partial charge in [0.25, 0.3) is 0 Å². The van der Waals surface area contributed by atoms with E-state index >= 15 is 0 Å². The number of halogens is 3. The summed E-state index contributed by atoms with van der Waals surface area (Å²) in [4.78, 5) is 12.4. The van der Waals surface area contributed by atoms with Crippen LogP contribution in [0, 0.1) is 5.41 Å². The summed E-state index contributed by atoms with van der Waals surface area (Å²) in [6, 6.07) is 5.02. The topological polar surface area (TPSA) is 29.1 Å². The van der Waals surface area contributed by atoms with Crippen LogP contribution in [0.2, 0.25) is 0 Å². The number of carbonyl (C=O) groups is 1.